The van der Waals surface area contributed by atoms with Gasteiger partial charge in [0.1, 0.15) is 5.54 Å². The van der Waals surface area contributed by atoms with Crippen molar-refractivity contribution in [2.75, 3.05) is 12.3 Å². The normalized spacial score (nSPS) is 20.0. The second-order valence-electron chi connectivity index (χ2n) is 6.27. The molecule has 142 valence electrons. The number of amides is 3. The number of carbonyl (C=O) groups is 2. The largest absolute Gasteiger partial charge is 0.325 e. The molecule has 1 saturated heterocycles. The minimum absolute atomic E-state index is 0.143. The van der Waals surface area contributed by atoms with Crippen LogP contribution in [0, 0.1) is 0 Å². The Labute approximate surface area is 167 Å². The van der Waals surface area contributed by atoms with Gasteiger partial charge in [0, 0.05) is 6.54 Å². The number of hydrogen-bond donors (Lipinski definition) is 1. The molecule has 3 amide bonds. The molecule has 9 heteroatoms. The first-order valence-electron chi connectivity index (χ1n) is 8.02. The fraction of sp³-hybridized carbons (Fsp3) is 0.222. The van der Waals surface area contributed by atoms with Crippen molar-refractivity contribution < 1.29 is 18.0 Å². The highest BCUT2D eigenvalue weighted by molar-refractivity contribution is 7.91. The molecule has 1 fully saturated rings. The summed E-state index contributed by atoms with van der Waals surface area (Å²) in [4.78, 5) is 26.2. The van der Waals surface area contributed by atoms with Gasteiger partial charge in [0.25, 0.3) is 5.91 Å². The fourth-order valence-electron chi connectivity index (χ4n) is 2.86. The Bertz CT molecular complexity index is 1010. The molecule has 1 N–H and O–H groups in total. The summed E-state index contributed by atoms with van der Waals surface area (Å²) >= 11 is 11.9. The zero-order valence-electron chi connectivity index (χ0n) is 14.3. The van der Waals surface area contributed by atoms with Crippen LogP contribution >= 0.6 is 23.2 Å². The number of carbonyl (C=O) groups excluding carboxylic acids is 2. The summed E-state index contributed by atoms with van der Waals surface area (Å²) in [5.74, 6) is -0.915. The van der Waals surface area contributed by atoms with Gasteiger partial charge < -0.3 is 5.32 Å². The summed E-state index contributed by atoms with van der Waals surface area (Å²) < 4.78 is 24.8. The Balaban J connectivity index is 1.81. The molecule has 2 aromatic rings. The summed E-state index contributed by atoms with van der Waals surface area (Å²) in [5.41, 5.74) is -0.884. The standard InChI is InChI=1S/C18H16Cl2N2O4S/c1-18(12-7-8-14(19)15(20)11-12)16(23)22(17(24)21-18)9-10-27(25,26)13-5-3-2-4-6-13/h2-8,11H,9-10H2,1H3,(H,21,24). The van der Waals surface area contributed by atoms with E-state index in [1.54, 1.807) is 31.2 Å². The maximum atomic E-state index is 12.9. The summed E-state index contributed by atoms with van der Waals surface area (Å²) in [6, 6.07) is 11.9. The second-order valence-corrected chi connectivity index (χ2v) is 9.20. The van der Waals surface area contributed by atoms with Crippen LogP contribution in [-0.2, 0) is 20.2 Å². The van der Waals surface area contributed by atoms with E-state index in [0.29, 0.717) is 10.6 Å². The van der Waals surface area contributed by atoms with Crippen molar-refractivity contribution in [1.29, 1.82) is 0 Å². The highest BCUT2D eigenvalue weighted by Gasteiger charge is 2.49. The van der Waals surface area contributed by atoms with Crippen LogP contribution in [0.15, 0.2) is 53.4 Å². The quantitative estimate of drug-likeness (QED) is 0.743. The molecule has 0 aliphatic carbocycles. The van der Waals surface area contributed by atoms with Gasteiger partial charge in [-0.2, -0.15) is 0 Å². The van der Waals surface area contributed by atoms with Gasteiger partial charge in [0.15, 0.2) is 9.84 Å². The molecule has 1 aliphatic rings. The molecule has 1 aliphatic heterocycles. The molecule has 0 radical (unpaired) electrons. The molecule has 2 aromatic carbocycles. The second kappa shape index (κ2) is 7.14. The van der Waals surface area contributed by atoms with E-state index in [2.05, 4.69) is 5.32 Å². The highest BCUT2D eigenvalue weighted by atomic mass is 35.5. The van der Waals surface area contributed by atoms with Crippen LogP contribution in [0.4, 0.5) is 4.79 Å². The predicted octanol–water partition coefficient (Wildman–Crippen LogP) is 3.23. The third-order valence-corrected chi connectivity index (χ3v) is 6.91. The zero-order chi connectivity index (χ0) is 19.8. The number of urea groups is 1. The summed E-state index contributed by atoms with van der Waals surface area (Å²) in [7, 11) is -3.62. The van der Waals surface area contributed by atoms with Crippen LogP contribution < -0.4 is 5.32 Å². The lowest BCUT2D eigenvalue weighted by Crippen LogP contribution is -2.41. The minimum atomic E-state index is -3.62. The van der Waals surface area contributed by atoms with Gasteiger partial charge in [0.05, 0.1) is 20.7 Å². The Morgan fingerprint density at radius 2 is 1.70 bits per heavy atom. The average Bonchev–Trinajstić information content (AvgIpc) is 2.86. The topological polar surface area (TPSA) is 83.6 Å². The number of nitrogens with zero attached hydrogens (tertiary/aromatic N) is 1. The number of benzene rings is 2. The Morgan fingerprint density at radius 3 is 2.33 bits per heavy atom. The lowest BCUT2D eigenvalue weighted by molar-refractivity contribution is -0.130. The molecule has 1 heterocycles. The van der Waals surface area contributed by atoms with E-state index in [1.807, 2.05) is 0 Å². The lowest BCUT2D eigenvalue weighted by atomic mass is 9.92. The minimum Gasteiger partial charge on any atom is -0.319 e. The molecular formula is C18H16Cl2N2O4S. The van der Waals surface area contributed by atoms with Crippen molar-refractivity contribution >= 4 is 45.0 Å². The number of rotatable bonds is 5. The van der Waals surface area contributed by atoms with Crippen molar-refractivity contribution in [2.45, 2.75) is 17.4 Å². The zero-order valence-corrected chi connectivity index (χ0v) is 16.6. The summed E-state index contributed by atoms with van der Waals surface area (Å²) in [5, 5.41) is 3.19. The molecule has 27 heavy (non-hydrogen) atoms. The van der Waals surface area contributed by atoms with Crippen LogP contribution in [0.25, 0.3) is 0 Å². The SMILES string of the molecule is CC1(c2ccc(Cl)c(Cl)c2)NC(=O)N(CCS(=O)(=O)c2ccccc2)C1=O. The Morgan fingerprint density at radius 1 is 1.04 bits per heavy atom. The maximum absolute atomic E-state index is 12.9. The first-order chi connectivity index (χ1) is 12.6. The van der Waals surface area contributed by atoms with E-state index >= 15 is 0 Å². The first kappa shape index (κ1) is 19.7. The number of imide groups is 1. The smallest absolute Gasteiger partial charge is 0.319 e. The summed E-state index contributed by atoms with van der Waals surface area (Å²) in [6.07, 6.45) is 0. The Hall–Kier alpha value is -2.09. The van der Waals surface area contributed by atoms with Crippen LogP contribution in [0.2, 0.25) is 10.0 Å². The van der Waals surface area contributed by atoms with Crippen molar-refractivity contribution in [3.63, 3.8) is 0 Å². The van der Waals surface area contributed by atoms with Crippen molar-refractivity contribution in [1.82, 2.24) is 10.2 Å². The van der Waals surface area contributed by atoms with E-state index in [4.69, 9.17) is 23.2 Å². The summed E-state index contributed by atoms with van der Waals surface area (Å²) in [6.45, 7) is 1.29. The molecule has 3 rings (SSSR count). The van der Waals surface area contributed by atoms with Crippen LogP contribution in [0.3, 0.4) is 0 Å². The molecule has 6 nitrogen and oxygen atoms in total. The van der Waals surface area contributed by atoms with Crippen molar-refractivity contribution in [3.8, 4) is 0 Å². The molecular weight excluding hydrogens is 411 g/mol. The molecule has 1 atom stereocenters. The lowest BCUT2D eigenvalue weighted by Gasteiger charge is -2.22. The van der Waals surface area contributed by atoms with Crippen molar-refractivity contribution in [2.24, 2.45) is 0 Å². The number of halogens is 2. The average molecular weight is 427 g/mol. The van der Waals surface area contributed by atoms with Gasteiger partial charge in [-0.15, -0.1) is 0 Å². The third kappa shape index (κ3) is 3.67. The molecule has 1 unspecified atom stereocenters. The number of hydrogen-bond acceptors (Lipinski definition) is 4. The first-order valence-corrected chi connectivity index (χ1v) is 10.4. The highest BCUT2D eigenvalue weighted by Crippen LogP contribution is 2.33. The maximum Gasteiger partial charge on any atom is 0.325 e. The van der Waals surface area contributed by atoms with Gasteiger partial charge >= 0.3 is 6.03 Å². The number of sulfone groups is 1. The van der Waals surface area contributed by atoms with Crippen molar-refractivity contribution in [3.05, 3.63) is 64.1 Å². The van der Waals surface area contributed by atoms with Gasteiger partial charge in [-0.25, -0.2) is 13.2 Å². The Kier molecular flexibility index (Phi) is 5.20. The molecule has 0 spiro atoms. The molecule has 0 bridgehead atoms. The fourth-order valence-corrected chi connectivity index (χ4v) is 4.39. The monoisotopic (exact) mass is 426 g/mol. The van der Waals surface area contributed by atoms with E-state index < -0.39 is 27.3 Å². The van der Waals surface area contributed by atoms with E-state index in [-0.39, 0.29) is 22.2 Å². The van der Waals surface area contributed by atoms with Gasteiger partial charge in [-0.3, -0.25) is 9.69 Å². The van der Waals surface area contributed by atoms with Crippen LogP contribution in [0.1, 0.15) is 12.5 Å². The predicted molar refractivity (Wildman–Crippen MR) is 103 cm³/mol. The van der Waals surface area contributed by atoms with Gasteiger partial charge in [-0.05, 0) is 36.8 Å². The molecule has 0 aromatic heterocycles. The van der Waals surface area contributed by atoms with E-state index in [1.165, 1.54) is 24.3 Å². The molecule has 0 saturated carbocycles. The van der Waals surface area contributed by atoms with E-state index in [0.717, 1.165) is 4.90 Å². The van der Waals surface area contributed by atoms with Crippen LogP contribution in [0.5, 0.6) is 0 Å². The van der Waals surface area contributed by atoms with Gasteiger partial charge in [-0.1, -0.05) is 47.5 Å². The van der Waals surface area contributed by atoms with Gasteiger partial charge in [0.2, 0.25) is 0 Å². The van der Waals surface area contributed by atoms with Crippen LogP contribution in [-0.4, -0.2) is 37.6 Å². The third-order valence-electron chi connectivity index (χ3n) is 4.46. The number of nitrogens with one attached hydrogen (secondary N) is 1. The van der Waals surface area contributed by atoms with E-state index in [9.17, 15) is 18.0 Å².